The first kappa shape index (κ1) is 17.2. The Morgan fingerprint density at radius 3 is 3.00 bits per heavy atom. The van der Waals surface area contributed by atoms with Gasteiger partial charge in [0.1, 0.15) is 0 Å². The first-order chi connectivity index (χ1) is 11.5. The predicted molar refractivity (Wildman–Crippen MR) is 96.4 cm³/mol. The van der Waals surface area contributed by atoms with E-state index in [0.29, 0.717) is 11.1 Å². The minimum Gasteiger partial charge on any atom is -0.324 e. The lowest BCUT2D eigenvalue weighted by Gasteiger charge is -2.42. The molecule has 2 fully saturated rings. The van der Waals surface area contributed by atoms with E-state index in [9.17, 15) is 14.9 Å². The van der Waals surface area contributed by atoms with Gasteiger partial charge in [-0.25, -0.2) is 0 Å². The molecule has 6 nitrogen and oxygen atoms in total. The van der Waals surface area contributed by atoms with Crippen LogP contribution >= 0.6 is 11.8 Å². The molecule has 3 rings (SSSR count). The fourth-order valence-electron chi connectivity index (χ4n) is 3.66. The van der Waals surface area contributed by atoms with E-state index in [0.717, 1.165) is 19.5 Å². The molecule has 2 atom stereocenters. The molecule has 2 aliphatic heterocycles. The summed E-state index contributed by atoms with van der Waals surface area (Å²) < 4.78 is 0. The Labute approximate surface area is 146 Å². The summed E-state index contributed by atoms with van der Waals surface area (Å²) in [7, 11) is 0. The predicted octanol–water partition coefficient (Wildman–Crippen LogP) is 3.14. The smallest absolute Gasteiger partial charge is 0.271 e. The monoisotopic (exact) mass is 349 g/mol. The van der Waals surface area contributed by atoms with E-state index in [-0.39, 0.29) is 17.6 Å². The zero-order valence-electron chi connectivity index (χ0n) is 13.9. The van der Waals surface area contributed by atoms with Crippen LogP contribution in [0, 0.1) is 15.5 Å². The number of hydrogen-bond acceptors (Lipinski definition) is 5. The number of likely N-dealkylation sites (tertiary alicyclic amines) is 1. The Kier molecular flexibility index (Phi) is 5.10. The van der Waals surface area contributed by atoms with E-state index in [1.165, 1.54) is 36.5 Å². The van der Waals surface area contributed by atoms with Gasteiger partial charge >= 0.3 is 0 Å². The molecule has 1 aromatic carbocycles. The van der Waals surface area contributed by atoms with Gasteiger partial charge in [-0.1, -0.05) is 6.07 Å². The minimum atomic E-state index is -0.453. The van der Waals surface area contributed by atoms with Crippen LogP contribution in [0.2, 0.25) is 0 Å². The molecule has 1 amide bonds. The second-order valence-corrected chi connectivity index (χ2v) is 7.95. The third kappa shape index (κ3) is 3.72. The molecule has 2 heterocycles. The number of piperidine rings is 1. The van der Waals surface area contributed by atoms with Crippen LogP contribution in [0.15, 0.2) is 24.3 Å². The molecule has 2 saturated heterocycles. The van der Waals surface area contributed by atoms with Gasteiger partial charge in [-0.3, -0.25) is 19.8 Å². The van der Waals surface area contributed by atoms with Crippen LogP contribution < -0.4 is 5.32 Å². The van der Waals surface area contributed by atoms with Crippen molar-refractivity contribution in [3.63, 3.8) is 0 Å². The Morgan fingerprint density at radius 1 is 1.46 bits per heavy atom. The molecule has 130 valence electrons. The summed E-state index contributed by atoms with van der Waals surface area (Å²) in [6.07, 6.45) is 3.64. The highest BCUT2D eigenvalue weighted by Gasteiger charge is 2.40. The molecule has 2 aliphatic rings. The zero-order chi connectivity index (χ0) is 17.2. The third-order valence-corrected chi connectivity index (χ3v) is 6.44. The Hall–Kier alpha value is -1.60. The summed E-state index contributed by atoms with van der Waals surface area (Å²) in [6, 6.07) is 5.86. The van der Waals surface area contributed by atoms with Crippen LogP contribution in [-0.4, -0.2) is 46.4 Å². The highest BCUT2D eigenvalue weighted by atomic mass is 32.2. The summed E-state index contributed by atoms with van der Waals surface area (Å²) in [6.45, 7) is 3.84. The van der Waals surface area contributed by atoms with Crippen LogP contribution in [0.3, 0.4) is 0 Å². The summed E-state index contributed by atoms with van der Waals surface area (Å²) in [4.78, 5) is 25.2. The largest absolute Gasteiger partial charge is 0.324 e. The normalized spacial score (nSPS) is 25.5. The Morgan fingerprint density at radius 2 is 2.29 bits per heavy atom. The second-order valence-electron chi connectivity index (χ2n) is 6.85. The maximum absolute atomic E-state index is 12.6. The number of carbonyl (C=O) groups is 1. The highest BCUT2D eigenvalue weighted by Crippen LogP contribution is 2.43. The number of rotatable bonds is 4. The molecule has 1 N–H and O–H groups in total. The van der Waals surface area contributed by atoms with E-state index in [4.69, 9.17) is 0 Å². The van der Waals surface area contributed by atoms with Crippen molar-refractivity contribution in [1.82, 2.24) is 4.90 Å². The van der Waals surface area contributed by atoms with Crippen LogP contribution in [0.1, 0.15) is 26.2 Å². The molecule has 0 radical (unpaired) electrons. The number of thioether (sulfide) groups is 1. The van der Waals surface area contributed by atoms with Crippen LogP contribution in [0.25, 0.3) is 0 Å². The first-order valence-electron chi connectivity index (χ1n) is 8.36. The molecule has 0 aliphatic carbocycles. The molecule has 0 aromatic heterocycles. The van der Waals surface area contributed by atoms with Gasteiger partial charge in [0.05, 0.1) is 11.0 Å². The molecule has 1 aromatic rings. The third-order valence-electron chi connectivity index (χ3n) is 5.13. The van der Waals surface area contributed by atoms with Gasteiger partial charge in [-0.2, -0.15) is 11.8 Å². The first-order valence-corrected chi connectivity index (χ1v) is 9.52. The molecule has 2 unspecified atom stereocenters. The van der Waals surface area contributed by atoms with E-state index >= 15 is 0 Å². The molecular formula is C17H23N3O3S. The quantitative estimate of drug-likeness (QED) is 0.667. The maximum Gasteiger partial charge on any atom is 0.271 e. The Balaban J connectivity index is 1.64. The molecular weight excluding hydrogens is 326 g/mol. The Bertz CT molecular complexity index is 631. The van der Waals surface area contributed by atoms with Crippen LogP contribution in [-0.2, 0) is 4.79 Å². The number of hydrogen-bond donors (Lipinski definition) is 1. The number of nitro groups is 1. The summed E-state index contributed by atoms with van der Waals surface area (Å²) >= 11 is 2.02. The standard InChI is InChI=1S/C17H23N3O3S/c1-13(19-8-3-6-17(11-19)7-9-24-12-17)16(21)18-14-4-2-5-15(10-14)20(22)23/h2,4-5,10,13H,3,6-9,11-12H2,1H3,(H,18,21). The topological polar surface area (TPSA) is 75.5 Å². The van der Waals surface area contributed by atoms with Gasteiger partial charge in [0.15, 0.2) is 0 Å². The lowest BCUT2D eigenvalue weighted by molar-refractivity contribution is -0.384. The molecule has 7 heteroatoms. The van der Waals surface area contributed by atoms with E-state index in [1.54, 1.807) is 12.1 Å². The van der Waals surface area contributed by atoms with Gasteiger partial charge in [-0.15, -0.1) is 0 Å². The van der Waals surface area contributed by atoms with Gasteiger partial charge in [0.25, 0.3) is 5.69 Å². The average Bonchev–Trinajstić information content (AvgIpc) is 3.02. The average molecular weight is 349 g/mol. The fourth-order valence-corrected chi connectivity index (χ4v) is 5.19. The maximum atomic E-state index is 12.6. The summed E-state index contributed by atoms with van der Waals surface area (Å²) in [5, 5.41) is 13.7. The van der Waals surface area contributed by atoms with E-state index in [1.807, 2.05) is 18.7 Å². The SMILES string of the molecule is CC(C(=O)Nc1cccc([N+](=O)[O-])c1)N1CCCC2(CCSC2)C1. The zero-order valence-corrected chi connectivity index (χ0v) is 14.7. The van der Waals surface area contributed by atoms with Crippen molar-refractivity contribution in [3.05, 3.63) is 34.4 Å². The second kappa shape index (κ2) is 7.11. The summed E-state index contributed by atoms with van der Waals surface area (Å²) in [5.41, 5.74) is 0.841. The number of anilines is 1. The lowest BCUT2D eigenvalue weighted by atomic mass is 9.79. The van der Waals surface area contributed by atoms with Crippen molar-refractivity contribution in [2.45, 2.75) is 32.2 Å². The van der Waals surface area contributed by atoms with Crippen molar-refractivity contribution in [2.75, 3.05) is 29.9 Å². The van der Waals surface area contributed by atoms with Gasteiger partial charge < -0.3 is 5.32 Å². The van der Waals surface area contributed by atoms with Crippen molar-refractivity contribution < 1.29 is 9.72 Å². The number of nitro benzene ring substituents is 1. The van der Waals surface area contributed by atoms with Gasteiger partial charge in [-0.05, 0) is 50.0 Å². The number of carbonyl (C=O) groups excluding carboxylic acids is 1. The molecule has 0 saturated carbocycles. The van der Waals surface area contributed by atoms with E-state index in [2.05, 4.69) is 10.2 Å². The number of non-ortho nitro benzene ring substituents is 1. The number of amides is 1. The minimum absolute atomic E-state index is 0.0136. The van der Waals surface area contributed by atoms with Crippen LogP contribution in [0.5, 0.6) is 0 Å². The summed E-state index contributed by atoms with van der Waals surface area (Å²) in [5.74, 6) is 2.32. The number of nitrogens with zero attached hydrogens (tertiary/aromatic N) is 2. The van der Waals surface area contributed by atoms with Crippen molar-refractivity contribution in [3.8, 4) is 0 Å². The van der Waals surface area contributed by atoms with Crippen LogP contribution in [0.4, 0.5) is 11.4 Å². The highest BCUT2D eigenvalue weighted by molar-refractivity contribution is 7.99. The van der Waals surface area contributed by atoms with Gasteiger partial charge in [0, 0.05) is 30.1 Å². The van der Waals surface area contributed by atoms with Gasteiger partial charge in [0.2, 0.25) is 5.91 Å². The molecule has 1 spiro atoms. The molecule has 24 heavy (non-hydrogen) atoms. The fraction of sp³-hybridized carbons (Fsp3) is 0.588. The van der Waals surface area contributed by atoms with Crippen molar-refractivity contribution >= 4 is 29.0 Å². The van der Waals surface area contributed by atoms with E-state index < -0.39 is 4.92 Å². The molecule has 0 bridgehead atoms. The lowest BCUT2D eigenvalue weighted by Crippen LogP contribution is -2.51. The number of benzene rings is 1. The number of nitrogens with one attached hydrogen (secondary N) is 1. The van der Waals surface area contributed by atoms with Crippen molar-refractivity contribution in [1.29, 1.82) is 0 Å². The van der Waals surface area contributed by atoms with Crippen molar-refractivity contribution in [2.24, 2.45) is 5.41 Å².